The molecule has 0 fully saturated rings. The van der Waals surface area contributed by atoms with Gasteiger partial charge in [0.15, 0.2) is 0 Å². The van der Waals surface area contributed by atoms with E-state index in [4.69, 9.17) is 0 Å². The van der Waals surface area contributed by atoms with Crippen LogP contribution in [-0.4, -0.2) is 4.57 Å². The Hall–Kier alpha value is -9.86. The monoisotopic (exact) mass is 1030 g/mol. The topological polar surface area (TPSA) is 4.93 Å². The van der Waals surface area contributed by atoms with Crippen LogP contribution in [0.5, 0.6) is 0 Å². The molecule has 0 aliphatic heterocycles. The number of nitrogens with zero attached hydrogens (tertiary/aromatic N) is 1. The third kappa shape index (κ3) is 7.02. The van der Waals surface area contributed by atoms with Gasteiger partial charge in [0.1, 0.15) is 0 Å². The summed E-state index contributed by atoms with van der Waals surface area (Å²) in [6, 6.07) is 97.9. The molecule has 2 heteroatoms. The summed E-state index contributed by atoms with van der Waals surface area (Å²) in [5.74, 6) is 0.231. The van der Waals surface area contributed by atoms with Gasteiger partial charge in [0, 0.05) is 42.6 Å². The first-order chi connectivity index (χ1) is 39.6. The highest BCUT2D eigenvalue weighted by atomic mass is 32.1. The Balaban J connectivity index is 0.745. The summed E-state index contributed by atoms with van der Waals surface area (Å²) in [4.78, 5) is 0. The quantitative estimate of drug-likeness (QED) is 0.146. The average Bonchev–Trinajstić information content (AvgIpc) is 4.24. The van der Waals surface area contributed by atoms with Crippen molar-refractivity contribution in [3.63, 3.8) is 0 Å². The van der Waals surface area contributed by atoms with E-state index >= 15 is 0 Å². The van der Waals surface area contributed by atoms with E-state index in [1.165, 1.54) is 162 Å². The lowest BCUT2D eigenvalue weighted by Gasteiger charge is -2.22. The Labute approximate surface area is 466 Å². The molecular formula is C78H49NS. The van der Waals surface area contributed by atoms with Crippen LogP contribution in [0, 0.1) is 0 Å². The Morgan fingerprint density at radius 3 is 1.38 bits per heavy atom. The molecule has 0 radical (unpaired) electrons. The number of para-hydroxylation sites is 1. The fraction of sp³-hybridized carbons (Fsp3) is 0.0256. The number of aromatic nitrogens is 1. The summed E-state index contributed by atoms with van der Waals surface area (Å²) in [6.07, 6.45) is 7.90. The lowest BCUT2D eigenvalue weighted by molar-refractivity contribution is 0.838. The fourth-order valence-corrected chi connectivity index (χ4v) is 14.9. The molecule has 1 aliphatic rings. The van der Waals surface area contributed by atoms with Gasteiger partial charge in [-0.2, -0.15) is 0 Å². The molecule has 1 aliphatic carbocycles. The van der Waals surface area contributed by atoms with Crippen LogP contribution in [-0.2, 0) is 0 Å². The molecule has 80 heavy (non-hydrogen) atoms. The maximum absolute atomic E-state index is 2.54. The maximum atomic E-state index is 2.54. The van der Waals surface area contributed by atoms with Gasteiger partial charge in [0.2, 0.25) is 0 Å². The van der Waals surface area contributed by atoms with Crippen LogP contribution in [0.15, 0.2) is 279 Å². The first kappa shape index (κ1) is 45.2. The molecule has 1 nitrogen and oxygen atoms in total. The van der Waals surface area contributed by atoms with Crippen LogP contribution < -0.4 is 0 Å². The number of hydrogen-bond donors (Lipinski definition) is 0. The summed E-state index contributed by atoms with van der Waals surface area (Å²) >= 11 is 1.89. The maximum Gasteiger partial charge on any atom is 0.0544 e. The van der Waals surface area contributed by atoms with Crippen molar-refractivity contribution in [3.8, 4) is 44.5 Å². The van der Waals surface area contributed by atoms with Crippen molar-refractivity contribution in [1.29, 1.82) is 0 Å². The van der Waals surface area contributed by atoms with Gasteiger partial charge >= 0.3 is 0 Å². The Kier molecular flexibility index (Phi) is 10.1. The third-order valence-corrected chi connectivity index (χ3v) is 18.7. The zero-order valence-corrected chi connectivity index (χ0v) is 44.5. The zero-order chi connectivity index (χ0) is 52.4. The molecule has 0 amide bonds. The minimum absolute atomic E-state index is 0.231. The van der Waals surface area contributed by atoms with Crippen molar-refractivity contribution in [2.24, 2.45) is 0 Å². The zero-order valence-electron chi connectivity index (χ0n) is 43.7. The van der Waals surface area contributed by atoms with Gasteiger partial charge in [-0.25, -0.2) is 0 Å². The minimum Gasteiger partial charge on any atom is -0.313 e. The highest BCUT2D eigenvalue weighted by molar-refractivity contribution is 7.26. The molecule has 0 saturated carbocycles. The number of fused-ring (bicyclic) bond motifs is 18. The Morgan fingerprint density at radius 1 is 0.300 bits per heavy atom. The van der Waals surface area contributed by atoms with Gasteiger partial charge in [0.05, 0.1) is 11.0 Å². The lowest BCUT2D eigenvalue weighted by atomic mass is 9.87. The highest BCUT2D eigenvalue weighted by Gasteiger charge is 2.22. The van der Waals surface area contributed by atoms with Crippen molar-refractivity contribution in [3.05, 3.63) is 285 Å². The van der Waals surface area contributed by atoms with Crippen LogP contribution in [0.3, 0.4) is 0 Å². The SMILES string of the molecule is C1=CC(c2ccc3c4ccccc4c4ccccc4c3c2)CC(n2c3ccccc3c3ccc(-c4cccc(-c5ccc6c7ccccc7c7ccc(-c8cccc(-c9cccc%10c9sc9ccccc9%10)c8)cc7c6c5)c4)cc32)=C1. The van der Waals surface area contributed by atoms with Crippen molar-refractivity contribution in [1.82, 2.24) is 4.57 Å². The Bertz CT molecular complexity index is 5320. The summed E-state index contributed by atoms with van der Waals surface area (Å²) in [5, 5.41) is 20.7. The first-order valence-corrected chi connectivity index (χ1v) is 28.7. The molecule has 0 bridgehead atoms. The van der Waals surface area contributed by atoms with E-state index in [0.29, 0.717) is 0 Å². The molecule has 17 rings (SSSR count). The molecule has 1 atom stereocenters. The molecule has 2 aromatic heterocycles. The van der Waals surface area contributed by atoms with Gasteiger partial charge < -0.3 is 4.57 Å². The van der Waals surface area contributed by atoms with Crippen LogP contribution in [0.1, 0.15) is 17.9 Å². The predicted octanol–water partition coefficient (Wildman–Crippen LogP) is 22.3. The van der Waals surface area contributed by atoms with E-state index < -0.39 is 0 Å². The van der Waals surface area contributed by atoms with Gasteiger partial charge in [0.25, 0.3) is 0 Å². The van der Waals surface area contributed by atoms with Crippen LogP contribution in [0.4, 0.5) is 0 Å². The predicted molar refractivity (Wildman–Crippen MR) is 346 cm³/mol. The molecule has 1 unspecified atom stereocenters. The second-order valence-electron chi connectivity index (χ2n) is 21.8. The molecule has 2 heterocycles. The van der Waals surface area contributed by atoms with Crippen molar-refractivity contribution in [2.75, 3.05) is 0 Å². The van der Waals surface area contributed by atoms with Crippen LogP contribution in [0.2, 0.25) is 0 Å². The fourth-order valence-electron chi connectivity index (χ4n) is 13.7. The number of rotatable bonds is 6. The van der Waals surface area contributed by atoms with E-state index in [1.807, 2.05) is 11.3 Å². The second-order valence-corrected chi connectivity index (χ2v) is 22.9. The van der Waals surface area contributed by atoms with E-state index in [1.54, 1.807) is 0 Å². The van der Waals surface area contributed by atoms with Crippen molar-refractivity contribution in [2.45, 2.75) is 12.3 Å². The molecule has 0 saturated heterocycles. The van der Waals surface area contributed by atoms with Crippen molar-refractivity contribution < 1.29 is 0 Å². The second kappa shape index (κ2) is 17.8. The molecule has 0 spiro atoms. The number of benzene rings is 14. The molecule has 372 valence electrons. The lowest BCUT2D eigenvalue weighted by Crippen LogP contribution is -2.06. The summed E-state index contributed by atoms with van der Waals surface area (Å²) in [6.45, 7) is 0. The normalized spacial score (nSPS) is 13.8. The van der Waals surface area contributed by atoms with Crippen LogP contribution >= 0.6 is 11.3 Å². The smallest absolute Gasteiger partial charge is 0.0544 e. The molecule has 16 aromatic rings. The van der Waals surface area contributed by atoms with Gasteiger partial charge in [-0.1, -0.05) is 224 Å². The highest BCUT2D eigenvalue weighted by Crippen LogP contribution is 2.45. The van der Waals surface area contributed by atoms with Crippen LogP contribution in [0.25, 0.3) is 157 Å². The Morgan fingerprint density at radius 2 is 0.738 bits per heavy atom. The van der Waals surface area contributed by atoms with E-state index in [0.717, 1.165) is 6.42 Å². The number of thiophene rings is 1. The standard InChI is InChI=1S/C78H49NS/c1-2-23-61-59(21-1)60-22-5-6-26-64(60)72-44-54(35-37-65(61)72)51-18-13-20-57(43-51)79-75-31-9-7-27-68(75)69-40-36-55(47-76(69)79)49-16-11-15-48(41-49)52-33-38-66-62-24-3-4-25-63(62)67-39-34-53(46-74(67)73(66)45-52)50-17-12-19-56(42-50)58-29-14-30-71-70-28-8-10-32-77(70)80-78(58)71/h1-42,44-47,51H,43H2. The largest absolute Gasteiger partial charge is 0.313 e. The molecule has 14 aromatic carbocycles. The summed E-state index contributed by atoms with van der Waals surface area (Å²) in [5.41, 5.74) is 14.9. The third-order valence-electron chi connectivity index (χ3n) is 17.5. The first-order valence-electron chi connectivity index (χ1n) is 27.9. The molecule has 0 N–H and O–H groups in total. The van der Waals surface area contributed by atoms with Crippen molar-refractivity contribution >= 4 is 124 Å². The van der Waals surface area contributed by atoms with Gasteiger partial charge in [-0.3, -0.25) is 0 Å². The number of allylic oxidation sites excluding steroid dienone is 4. The van der Waals surface area contributed by atoms with E-state index in [9.17, 15) is 0 Å². The van der Waals surface area contributed by atoms with E-state index in [2.05, 4.69) is 284 Å². The number of hydrogen-bond acceptors (Lipinski definition) is 1. The minimum atomic E-state index is 0.231. The summed E-state index contributed by atoms with van der Waals surface area (Å²) in [7, 11) is 0. The van der Waals surface area contributed by atoms with Gasteiger partial charge in [-0.15, -0.1) is 11.3 Å². The molecular weight excluding hydrogens is 983 g/mol. The average molecular weight is 1030 g/mol. The van der Waals surface area contributed by atoms with Gasteiger partial charge in [-0.05, 0) is 176 Å². The summed E-state index contributed by atoms with van der Waals surface area (Å²) < 4.78 is 5.20. The van der Waals surface area contributed by atoms with E-state index in [-0.39, 0.29) is 5.92 Å².